The van der Waals surface area contributed by atoms with Crippen LogP contribution in [0.5, 0.6) is 0 Å². The van der Waals surface area contributed by atoms with E-state index in [0.29, 0.717) is 6.42 Å². The molecule has 1 aromatic rings. The Morgan fingerprint density at radius 3 is 2.58 bits per heavy atom. The number of carboxylic acid groups (broad SMARTS) is 1. The number of aliphatic carboxylic acids is 1. The molecule has 0 aliphatic rings. The van der Waals surface area contributed by atoms with E-state index in [1.807, 2.05) is 0 Å². The van der Waals surface area contributed by atoms with Crippen LogP contribution in [0, 0.1) is 11.6 Å². The average Bonchev–Trinajstić information content (AvgIpc) is 2.34. The number of carbonyl (C=O) groups is 2. The molecule has 2 N–H and O–H groups in total. The largest absolute Gasteiger partial charge is 0.480 e. The topological polar surface area (TPSA) is 66.4 Å². The van der Waals surface area contributed by atoms with Gasteiger partial charge in [0.1, 0.15) is 5.25 Å². The molecule has 4 nitrogen and oxygen atoms in total. The number of amides is 1. The molecule has 7 heteroatoms. The molecule has 0 bridgehead atoms. The van der Waals surface area contributed by atoms with Crippen molar-refractivity contribution in [3.63, 3.8) is 0 Å². The predicted molar refractivity (Wildman–Crippen MR) is 69.2 cm³/mol. The van der Waals surface area contributed by atoms with Crippen molar-refractivity contribution in [2.75, 3.05) is 11.1 Å². The monoisotopic (exact) mass is 289 g/mol. The number of hydrogen-bond donors (Lipinski definition) is 2. The van der Waals surface area contributed by atoms with Gasteiger partial charge in [0.25, 0.3) is 0 Å². The van der Waals surface area contributed by atoms with Crippen LogP contribution in [0.2, 0.25) is 0 Å². The van der Waals surface area contributed by atoms with Gasteiger partial charge in [0.2, 0.25) is 5.91 Å². The second kappa shape index (κ2) is 7.08. The molecule has 104 valence electrons. The van der Waals surface area contributed by atoms with Gasteiger partial charge < -0.3 is 10.4 Å². The van der Waals surface area contributed by atoms with E-state index >= 15 is 0 Å². The Labute approximate surface area is 113 Å². The predicted octanol–water partition coefficient (Wildman–Crippen LogP) is 2.50. The summed E-state index contributed by atoms with van der Waals surface area (Å²) in [6.07, 6.45) is 0.401. The molecule has 19 heavy (non-hydrogen) atoms. The van der Waals surface area contributed by atoms with Gasteiger partial charge >= 0.3 is 5.97 Å². The maximum atomic E-state index is 12.9. The number of thioether (sulfide) groups is 1. The lowest BCUT2D eigenvalue weighted by molar-refractivity contribution is -0.136. The van der Waals surface area contributed by atoms with E-state index in [2.05, 4.69) is 5.32 Å². The van der Waals surface area contributed by atoms with Crippen molar-refractivity contribution >= 4 is 29.3 Å². The van der Waals surface area contributed by atoms with Crippen LogP contribution in [0.3, 0.4) is 0 Å². The van der Waals surface area contributed by atoms with Gasteiger partial charge in [-0.2, -0.15) is 0 Å². The van der Waals surface area contributed by atoms with E-state index < -0.39 is 28.8 Å². The summed E-state index contributed by atoms with van der Waals surface area (Å²) in [5.41, 5.74) is 0.132. The van der Waals surface area contributed by atoms with E-state index in [9.17, 15) is 18.4 Å². The maximum absolute atomic E-state index is 12.9. The quantitative estimate of drug-likeness (QED) is 0.844. The van der Waals surface area contributed by atoms with Crippen molar-refractivity contribution < 1.29 is 23.5 Å². The highest BCUT2D eigenvalue weighted by Crippen LogP contribution is 2.17. The van der Waals surface area contributed by atoms with Crippen LogP contribution in [0.25, 0.3) is 0 Å². The van der Waals surface area contributed by atoms with Gasteiger partial charge in [0, 0.05) is 11.8 Å². The van der Waals surface area contributed by atoms with Crippen LogP contribution in [0.15, 0.2) is 18.2 Å². The van der Waals surface area contributed by atoms with E-state index in [0.717, 1.165) is 23.9 Å². The number of halogens is 2. The van der Waals surface area contributed by atoms with Gasteiger partial charge in [-0.3, -0.25) is 9.59 Å². The molecule has 0 aromatic heterocycles. The summed E-state index contributed by atoms with van der Waals surface area (Å²) >= 11 is 0.985. The minimum absolute atomic E-state index is 0.0657. The number of carbonyl (C=O) groups excluding carboxylic acids is 1. The van der Waals surface area contributed by atoms with Crippen molar-refractivity contribution in [1.82, 2.24) is 0 Å². The Morgan fingerprint density at radius 2 is 2.05 bits per heavy atom. The van der Waals surface area contributed by atoms with Crippen LogP contribution in [-0.2, 0) is 9.59 Å². The van der Waals surface area contributed by atoms with E-state index in [4.69, 9.17) is 5.11 Å². The average molecular weight is 289 g/mol. The Bertz CT molecular complexity index is 482. The van der Waals surface area contributed by atoms with E-state index in [-0.39, 0.29) is 11.4 Å². The van der Waals surface area contributed by atoms with Crippen molar-refractivity contribution in [2.45, 2.75) is 18.6 Å². The Balaban J connectivity index is 2.51. The van der Waals surface area contributed by atoms with Crippen molar-refractivity contribution in [2.24, 2.45) is 0 Å². The molecule has 0 aliphatic heterocycles. The number of carboxylic acids is 1. The molecule has 0 spiro atoms. The van der Waals surface area contributed by atoms with Gasteiger partial charge in [-0.15, -0.1) is 11.8 Å². The van der Waals surface area contributed by atoms with Gasteiger partial charge in [0.05, 0.1) is 5.75 Å². The van der Waals surface area contributed by atoms with Gasteiger partial charge in [-0.1, -0.05) is 6.92 Å². The molecule has 0 fully saturated rings. The smallest absolute Gasteiger partial charge is 0.316 e. The molecule has 1 amide bonds. The fourth-order valence-corrected chi connectivity index (χ4v) is 2.11. The normalized spacial score (nSPS) is 11.9. The molecule has 0 saturated heterocycles. The lowest BCUT2D eigenvalue weighted by Crippen LogP contribution is -2.20. The third kappa shape index (κ3) is 4.86. The molecule has 0 radical (unpaired) electrons. The summed E-state index contributed by atoms with van der Waals surface area (Å²) < 4.78 is 25.6. The number of rotatable bonds is 6. The summed E-state index contributed by atoms with van der Waals surface area (Å²) in [6, 6.07) is 3.01. The van der Waals surface area contributed by atoms with Gasteiger partial charge in [-0.25, -0.2) is 8.78 Å². The van der Waals surface area contributed by atoms with Crippen LogP contribution >= 0.6 is 11.8 Å². The molecule has 0 aliphatic carbocycles. The summed E-state index contributed by atoms with van der Waals surface area (Å²) in [4.78, 5) is 22.3. The minimum Gasteiger partial charge on any atom is -0.480 e. The lowest BCUT2D eigenvalue weighted by Gasteiger charge is -2.09. The zero-order valence-electron chi connectivity index (χ0n) is 10.2. The lowest BCUT2D eigenvalue weighted by atomic mass is 10.3. The Kier molecular flexibility index (Phi) is 5.75. The molecule has 1 rings (SSSR count). The summed E-state index contributed by atoms with van der Waals surface area (Å²) in [5, 5.41) is 10.5. The summed E-state index contributed by atoms with van der Waals surface area (Å²) in [7, 11) is 0. The first-order valence-corrected chi connectivity index (χ1v) is 6.58. The molecule has 0 heterocycles. The van der Waals surface area contributed by atoms with Crippen molar-refractivity contribution in [1.29, 1.82) is 0 Å². The van der Waals surface area contributed by atoms with Crippen LogP contribution in [0.1, 0.15) is 13.3 Å². The third-order valence-electron chi connectivity index (χ3n) is 2.27. The third-order valence-corrected chi connectivity index (χ3v) is 3.63. The Hall–Kier alpha value is -1.63. The SMILES string of the molecule is CCC(SCC(=O)Nc1ccc(F)c(F)c1)C(=O)O. The number of hydrogen-bond acceptors (Lipinski definition) is 3. The second-order valence-electron chi connectivity index (χ2n) is 3.72. The molecule has 0 saturated carbocycles. The molecule has 1 unspecified atom stereocenters. The number of anilines is 1. The standard InChI is InChI=1S/C12H13F2NO3S/c1-2-10(12(17)18)19-6-11(16)15-7-3-4-8(13)9(14)5-7/h3-5,10H,2,6H2,1H3,(H,15,16)(H,17,18). The van der Waals surface area contributed by atoms with Crippen LogP contribution in [0.4, 0.5) is 14.5 Å². The van der Waals surface area contributed by atoms with E-state index in [1.54, 1.807) is 6.92 Å². The summed E-state index contributed by atoms with van der Waals surface area (Å²) in [5.74, 6) is -3.56. The van der Waals surface area contributed by atoms with E-state index in [1.165, 1.54) is 6.07 Å². The van der Waals surface area contributed by atoms with Crippen LogP contribution < -0.4 is 5.32 Å². The molecular weight excluding hydrogens is 276 g/mol. The second-order valence-corrected chi connectivity index (χ2v) is 4.91. The highest BCUT2D eigenvalue weighted by molar-refractivity contribution is 8.01. The molecular formula is C12H13F2NO3S. The number of nitrogens with one attached hydrogen (secondary N) is 1. The molecule has 1 aromatic carbocycles. The molecule has 1 atom stereocenters. The first-order chi connectivity index (χ1) is 8.93. The van der Waals surface area contributed by atoms with Gasteiger partial charge in [-0.05, 0) is 18.6 Å². The first kappa shape index (κ1) is 15.4. The summed E-state index contributed by atoms with van der Waals surface area (Å²) in [6.45, 7) is 1.71. The highest BCUT2D eigenvalue weighted by atomic mass is 32.2. The highest BCUT2D eigenvalue weighted by Gasteiger charge is 2.17. The fraction of sp³-hybridized carbons (Fsp3) is 0.333. The van der Waals surface area contributed by atoms with Crippen molar-refractivity contribution in [3.8, 4) is 0 Å². The minimum atomic E-state index is -1.05. The number of benzene rings is 1. The maximum Gasteiger partial charge on any atom is 0.316 e. The zero-order chi connectivity index (χ0) is 14.4. The Morgan fingerprint density at radius 1 is 1.37 bits per heavy atom. The van der Waals surface area contributed by atoms with Gasteiger partial charge in [0.15, 0.2) is 11.6 Å². The fourth-order valence-electron chi connectivity index (χ4n) is 1.31. The first-order valence-electron chi connectivity index (χ1n) is 5.53. The van der Waals surface area contributed by atoms with Crippen LogP contribution in [-0.4, -0.2) is 28.0 Å². The zero-order valence-corrected chi connectivity index (χ0v) is 11.0. The van der Waals surface area contributed by atoms with Crippen molar-refractivity contribution in [3.05, 3.63) is 29.8 Å².